The molecule has 1 atom stereocenters. The molecule has 0 aliphatic carbocycles. The molecule has 0 spiro atoms. The van der Waals surface area contributed by atoms with Crippen molar-refractivity contribution in [1.82, 2.24) is 9.55 Å². The number of aromatic amines is 1. The van der Waals surface area contributed by atoms with Gasteiger partial charge in [0.15, 0.2) is 11.8 Å². The highest BCUT2D eigenvalue weighted by atomic mass is 16.6. The van der Waals surface area contributed by atoms with Crippen molar-refractivity contribution in [3.63, 3.8) is 0 Å². The first kappa shape index (κ1) is 10.7. The summed E-state index contributed by atoms with van der Waals surface area (Å²) in [5.41, 5.74) is 1.83. The maximum Gasteiger partial charge on any atom is 0.356 e. The number of hydrogen-bond acceptors (Lipinski definition) is 3. The molecule has 3 aromatic heterocycles. The second kappa shape index (κ2) is 4.10. The van der Waals surface area contributed by atoms with E-state index in [4.69, 9.17) is 9.15 Å². The van der Waals surface area contributed by atoms with Crippen LogP contribution in [0.1, 0.15) is 23.6 Å². The second-order valence-corrected chi connectivity index (χ2v) is 4.02. The van der Waals surface area contributed by atoms with Gasteiger partial charge in [0.1, 0.15) is 5.69 Å². The minimum absolute atomic E-state index is 0.345. The molecule has 0 aliphatic heterocycles. The first-order valence-electron chi connectivity index (χ1n) is 5.64. The molecule has 18 heavy (non-hydrogen) atoms. The minimum atomic E-state index is -0.400. The number of nitrogens with one attached hydrogen (secondary N) is 1. The predicted molar refractivity (Wildman–Crippen MR) is 65.1 cm³/mol. The third-order valence-electron chi connectivity index (χ3n) is 2.78. The molecule has 92 valence electrons. The van der Waals surface area contributed by atoms with E-state index in [1.165, 1.54) is 0 Å². The summed E-state index contributed by atoms with van der Waals surface area (Å²) in [6.07, 6.45) is 4.91. The number of hydrogen-bond donors (Lipinski definition) is 1. The molecule has 1 unspecified atom stereocenters. The summed E-state index contributed by atoms with van der Waals surface area (Å²) in [6, 6.07) is 7.17. The van der Waals surface area contributed by atoms with E-state index in [9.17, 15) is 4.79 Å². The zero-order valence-corrected chi connectivity index (χ0v) is 9.79. The molecular weight excluding hydrogens is 232 g/mol. The van der Waals surface area contributed by atoms with Gasteiger partial charge < -0.3 is 18.7 Å². The van der Waals surface area contributed by atoms with Crippen molar-refractivity contribution < 1.29 is 13.9 Å². The summed E-state index contributed by atoms with van der Waals surface area (Å²) in [5.74, 6) is -0.400. The van der Waals surface area contributed by atoms with Gasteiger partial charge >= 0.3 is 5.97 Å². The van der Waals surface area contributed by atoms with Crippen molar-refractivity contribution in [3.05, 3.63) is 48.6 Å². The standard InChI is InChI=1S/C13H12N2O3/c1-9(15-5-2-3-6-15)18-13(16)11-8-12-10(14-11)4-7-17-12/h2-9,14H,1H3. The van der Waals surface area contributed by atoms with Crippen LogP contribution >= 0.6 is 0 Å². The Hall–Kier alpha value is -2.43. The maximum atomic E-state index is 11.9. The number of rotatable bonds is 3. The summed E-state index contributed by atoms with van der Waals surface area (Å²) in [5, 5.41) is 0. The molecule has 5 nitrogen and oxygen atoms in total. The van der Waals surface area contributed by atoms with Crippen molar-refractivity contribution in [1.29, 1.82) is 0 Å². The van der Waals surface area contributed by atoms with E-state index in [-0.39, 0.29) is 6.23 Å². The van der Waals surface area contributed by atoms with Crippen molar-refractivity contribution in [2.75, 3.05) is 0 Å². The maximum absolute atomic E-state index is 11.9. The van der Waals surface area contributed by atoms with Crippen LogP contribution in [-0.4, -0.2) is 15.5 Å². The topological polar surface area (TPSA) is 60.2 Å². The quantitative estimate of drug-likeness (QED) is 0.720. The van der Waals surface area contributed by atoms with Crippen LogP contribution in [0.2, 0.25) is 0 Å². The third kappa shape index (κ3) is 1.79. The van der Waals surface area contributed by atoms with Gasteiger partial charge in [0.25, 0.3) is 0 Å². The van der Waals surface area contributed by atoms with Crippen molar-refractivity contribution in [3.8, 4) is 0 Å². The average molecular weight is 244 g/mol. The molecule has 0 bridgehead atoms. The lowest BCUT2D eigenvalue weighted by molar-refractivity contribution is 0.0153. The lowest BCUT2D eigenvalue weighted by atomic mass is 10.4. The molecule has 0 saturated carbocycles. The van der Waals surface area contributed by atoms with E-state index in [0.29, 0.717) is 11.3 Å². The SMILES string of the molecule is CC(OC(=O)c1cc2occc2[nH]1)n1cccc1. The van der Waals surface area contributed by atoms with Crippen LogP contribution in [0.3, 0.4) is 0 Å². The van der Waals surface area contributed by atoms with E-state index in [1.54, 1.807) is 18.4 Å². The van der Waals surface area contributed by atoms with Gasteiger partial charge in [0.2, 0.25) is 0 Å². The number of ether oxygens (including phenoxy) is 1. The van der Waals surface area contributed by atoms with Crippen LogP contribution in [0, 0.1) is 0 Å². The number of esters is 1. The Kier molecular flexibility index (Phi) is 2.44. The van der Waals surface area contributed by atoms with Crippen LogP contribution in [0.4, 0.5) is 0 Å². The average Bonchev–Trinajstić information content (AvgIpc) is 3.05. The molecule has 0 amide bonds. The zero-order chi connectivity index (χ0) is 12.5. The smallest absolute Gasteiger partial charge is 0.356 e. The first-order chi connectivity index (χ1) is 8.74. The monoisotopic (exact) mass is 244 g/mol. The summed E-state index contributed by atoms with van der Waals surface area (Å²) >= 11 is 0. The summed E-state index contributed by atoms with van der Waals surface area (Å²) in [7, 11) is 0. The Morgan fingerprint density at radius 3 is 2.94 bits per heavy atom. The second-order valence-electron chi connectivity index (χ2n) is 4.02. The lowest BCUT2D eigenvalue weighted by Gasteiger charge is -2.13. The highest BCUT2D eigenvalue weighted by Crippen LogP contribution is 2.18. The van der Waals surface area contributed by atoms with E-state index >= 15 is 0 Å². The molecule has 0 radical (unpaired) electrons. The highest BCUT2D eigenvalue weighted by Gasteiger charge is 2.15. The fourth-order valence-corrected chi connectivity index (χ4v) is 1.83. The van der Waals surface area contributed by atoms with Gasteiger partial charge in [-0.25, -0.2) is 4.79 Å². The molecule has 0 fully saturated rings. The largest absolute Gasteiger partial charge is 0.463 e. The number of furan rings is 1. The Morgan fingerprint density at radius 1 is 1.44 bits per heavy atom. The van der Waals surface area contributed by atoms with Crippen LogP contribution in [0.25, 0.3) is 11.1 Å². The van der Waals surface area contributed by atoms with Gasteiger partial charge in [-0.05, 0) is 19.1 Å². The van der Waals surface area contributed by atoms with E-state index in [1.807, 2.05) is 36.0 Å². The van der Waals surface area contributed by atoms with Crippen LogP contribution in [0.5, 0.6) is 0 Å². The predicted octanol–water partition coefficient (Wildman–Crippen LogP) is 2.94. The normalized spacial score (nSPS) is 12.7. The Balaban J connectivity index is 1.77. The van der Waals surface area contributed by atoms with Crippen molar-refractivity contribution in [2.24, 2.45) is 0 Å². The number of aromatic nitrogens is 2. The summed E-state index contributed by atoms with van der Waals surface area (Å²) in [6.45, 7) is 1.81. The van der Waals surface area contributed by atoms with E-state index in [0.717, 1.165) is 5.52 Å². The van der Waals surface area contributed by atoms with Gasteiger partial charge in [0.05, 0.1) is 11.8 Å². The molecule has 3 aromatic rings. The fraction of sp³-hybridized carbons (Fsp3) is 0.154. The summed E-state index contributed by atoms with van der Waals surface area (Å²) < 4.78 is 12.3. The number of carbonyl (C=O) groups excluding carboxylic acids is 1. The summed E-state index contributed by atoms with van der Waals surface area (Å²) in [4.78, 5) is 14.9. The number of carbonyl (C=O) groups is 1. The Labute approximate surface area is 103 Å². The number of nitrogens with zero attached hydrogens (tertiary/aromatic N) is 1. The van der Waals surface area contributed by atoms with Gasteiger partial charge in [-0.2, -0.15) is 0 Å². The minimum Gasteiger partial charge on any atom is -0.463 e. The molecule has 3 rings (SSSR count). The first-order valence-corrected chi connectivity index (χ1v) is 5.64. The zero-order valence-electron chi connectivity index (χ0n) is 9.79. The Bertz CT molecular complexity index is 635. The van der Waals surface area contributed by atoms with Crippen molar-refractivity contribution >= 4 is 17.1 Å². The van der Waals surface area contributed by atoms with Gasteiger partial charge in [0, 0.05) is 24.5 Å². The van der Waals surface area contributed by atoms with Crippen LogP contribution < -0.4 is 0 Å². The van der Waals surface area contributed by atoms with Crippen molar-refractivity contribution in [2.45, 2.75) is 13.2 Å². The third-order valence-corrected chi connectivity index (χ3v) is 2.78. The molecule has 3 heterocycles. The van der Waals surface area contributed by atoms with Crippen LogP contribution in [0.15, 0.2) is 47.3 Å². The molecule has 5 heteroatoms. The lowest BCUT2D eigenvalue weighted by Crippen LogP contribution is -2.13. The van der Waals surface area contributed by atoms with Gasteiger partial charge in [-0.3, -0.25) is 0 Å². The number of fused-ring (bicyclic) bond motifs is 1. The van der Waals surface area contributed by atoms with E-state index < -0.39 is 5.97 Å². The Morgan fingerprint density at radius 2 is 2.22 bits per heavy atom. The van der Waals surface area contributed by atoms with Gasteiger partial charge in [-0.1, -0.05) is 0 Å². The molecular formula is C13H12N2O3. The molecule has 0 aliphatic rings. The molecule has 0 saturated heterocycles. The molecule has 0 aromatic carbocycles. The molecule has 1 N–H and O–H groups in total. The van der Waals surface area contributed by atoms with E-state index in [2.05, 4.69) is 4.98 Å². The van der Waals surface area contributed by atoms with Crippen LogP contribution in [-0.2, 0) is 4.74 Å². The highest BCUT2D eigenvalue weighted by molar-refractivity contribution is 5.93. The van der Waals surface area contributed by atoms with Gasteiger partial charge in [-0.15, -0.1) is 0 Å². The fourth-order valence-electron chi connectivity index (χ4n) is 1.83. The number of H-pyrrole nitrogens is 1.